The Kier molecular flexibility index (Phi) is 6.62. The molecule has 1 unspecified atom stereocenters. The van der Waals surface area contributed by atoms with Gasteiger partial charge in [0.05, 0.1) is 0 Å². The molecule has 1 aliphatic rings. The van der Waals surface area contributed by atoms with E-state index in [9.17, 15) is 4.79 Å². The van der Waals surface area contributed by atoms with Crippen LogP contribution in [-0.4, -0.2) is 40.0 Å². The first kappa shape index (κ1) is 19.5. The number of nitrogens with one attached hydrogen (secondary N) is 1. The normalized spacial score (nSPS) is 17.2. The SMILES string of the molecule is Cc1ccc(CCC(=O)N2CCNCC2c2nccn2C)c(C)c1.Cl. The van der Waals surface area contributed by atoms with Crippen LogP contribution in [0, 0.1) is 13.8 Å². The number of halogens is 1. The van der Waals surface area contributed by atoms with Crippen LogP contribution < -0.4 is 5.32 Å². The van der Waals surface area contributed by atoms with E-state index < -0.39 is 0 Å². The molecule has 0 bridgehead atoms. The van der Waals surface area contributed by atoms with E-state index in [1.54, 1.807) is 6.20 Å². The zero-order valence-corrected chi connectivity index (χ0v) is 16.0. The minimum atomic E-state index is 0. The first-order chi connectivity index (χ1) is 11.6. The van der Waals surface area contributed by atoms with Gasteiger partial charge in [0.2, 0.25) is 5.91 Å². The molecule has 136 valence electrons. The van der Waals surface area contributed by atoms with E-state index in [4.69, 9.17) is 0 Å². The van der Waals surface area contributed by atoms with Crippen molar-refractivity contribution in [3.05, 3.63) is 53.1 Å². The molecule has 3 rings (SSSR count). The summed E-state index contributed by atoms with van der Waals surface area (Å²) in [6.45, 7) is 6.56. The number of amides is 1. The summed E-state index contributed by atoms with van der Waals surface area (Å²) in [7, 11) is 1.98. The van der Waals surface area contributed by atoms with Crippen LogP contribution in [0.4, 0.5) is 0 Å². The molecule has 5 nitrogen and oxygen atoms in total. The summed E-state index contributed by atoms with van der Waals surface area (Å²) in [6.07, 6.45) is 5.07. The molecule has 2 heterocycles. The smallest absolute Gasteiger partial charge is 0.223 e. The quantitative estimate of drug-likeness (QED) is 0.909. The van der Waals surface area contributed by atoms with Gasteiger partial charge in [-0.25, -0.2) is 4.98 Å². The Morgan fingerprint density at radius 2 is 2.16 bits per heavy atom. The Hall–Kier alpha value is -1.85. The maximum atomic E-state index is 12.8. The van der Waals surface area contributed by atoms with E-state index in [1.165, 1.54) is 16.7 Å². The lowest BCUT2D eigenvalue weighted by Crippen LogP contribution is -2.49. The summed E-state index contributed by atoms with van der Waals surface area (Å²) < 4.78 is 2.00. The minimum absolute atomic E-state index is 0. The molecule has 0 spiro atoms. The van der Waals surface area contributed by atoms with E-state index in [2.05, 4.69) is 42.3 Å². The molecule has 1 atom stereocenters. The van der Waals surface area contributed by atoms with Crippen molar-refractivity contribution in [2.24, 2.45) is 7.05 Å². The molecule has 1 aromatic carbocycles. The van der Waals surface area contributed by atoms with E-state index in [0.717, 1.165) is 31.9 Å². The van der Waals surface area contributed by atoms with Crippen LogP contribution in [0.2, 0.25) is 0 Å². The number of imidazole rings is 1. The number of hydrogen-bond acceptors (Lipinski definition) is 3. The molecule has 0 saturated carbocycles. The molecule has 2 aromatic rings. The number of nitrogens with zero attached hydrogens (tertiary/aromatic N) is 3. The lowest BCUT2D eigenvalue weighted by molar-refractivity contribution is -0.134. The van der Waals surface area contributed by atoms with Crippen molar-refractivity contribution >= 4 is 18.3 Å². The molecule has 1 amide bonds. The van der Waals surface area contributed by atoms with Crippen molar-refractivity contribution in [3.8, 4) is 0 Å². The van der Waals surface area contributed by atoms with E-state index >= 15 is 0 Å². The minimum Gasteiger partial charge on any atom is -0.336 e. The standard InChI is InChI=1S/C19H26N4O.ClH/c1-14-4-5-16(15(2)12-14)6-7-18(24)23-11-8-20-13-17(23)19-21-9-10-22(19)3;/h4-5,9-10,12,17,20H,6-8,11,13H2,1-3H3;1H. The fourth-order valence-electron chi connectivity index (χ4n) is 3.44. The highest BCUT2D eigenvalue weighted by molar-refractivity contribution is 5.85. The van der Waals surface area contributed by atoms with Gasteiger partial charge in [-0.3, -0.25) is 4.79 Å². The van der Waals surface area contributed by atoms with Crippen molar-refractivity contribution in [2.45, 2.75) is 32.7 Å². The molecule has 0 aliphatic carbocycles. The largest absolute Gasteiger partial charge is 0.336 e. The highest BCUT2D eigenvalue weighted by Gasteiger charge is 2.30. The average Bonchev–Trinajstić information content (AvgIpc) is 2.99. The summed E-state index contributed by atoms with van der Waals surface area (Å²) in [5.74, 6) is 1.16. The second-order valence-corrected chi connectivity index (χ2v) is 6.63. The van der Waals surface area contributed by atoms with Crippen LogP contribution in [0.3, 0.4) is 0 Å². The number of piperazine rings is 1. The van der Waals surface area contributed by atoms with Gasteiger partial charge < -0.3 is 14.8 Å². The predicted molar refractivity (Wildman–Crippen MR) is 102 cm³/mol. The van der Waals surface area contributed by atoms with Crippen LogP contribution in [0.5, 0.6) is 0 Å². The van der Waals surface area contributed by atoms with Gasteiger partial charge in [0.25, 0.3) is 0 Å². The third-order valence-corrected chi connectivity index (χ3v) is 4.83. The van der Waals surface area contributed by atoms with Gasteiger partial charge in [-0.2, -0.15) is 0 Å². The van der Waals surface area contributed by atoms with Crippen molar-refractivity contribution in [2.75, 3.05) is 19.6 Å². The molecular formula is C19H27ClN4O. The van der Waals surface area contributed by atoms with Gasteiger partial charge >= 0.3 is 0 Å². The Balaban J connectivity index is 0.00000225. The van der Waals surface area contributed by atoms with Crippen LogP contribution in [0.1, 0.15) is 35.0 Å². The van der Waals surface area contributed by atoms with Gasteiger partial charge in [-0.1, -0.05) is 23.8 Å². The van der Waals surface area contributed by atoms with Crippen LogP contribution in [0.25, 0.3) is 0 Å². The van der Waals surface area contributed by atoms with Crippen molar-refractivity contribution in [1.82, 2.24) is 19.8 Å². The number of rotatable bonds is 4. The molecule has 0 radical (unpaired) electrons. The molecule has 6 heteroatoms. The third-order valence-electron chi connectivity index (χ3n) is 4.83. The Morgan fingerprint density at radius 3 is 2.84 bits per heavy atom. The maximum Gasteiger partial charge on any atom is 0.223 e. The zero-order chi connectivity index (χ0) is 17.1. The molecule has 1 fully saturated rings. The second kappa shape index (κ2) is 8.50. The number of benzene rings is 1. The highest BCUT2D eigenvalue weighted by atomic mass is 35.5. The number of carbonyl (C=O) groups excluding carboxylic acids is 1. The van der Waals surface area contributed by atoms with Crippen molar-refractivity contribution in [3.63, 3.8) is 0 Å². The van der Waals surface area contributed by atoms with Crippen molar-refractivity contribution in [1.29, 1.82) is 0 Å². The van der Waals surface area contributed by atoms with Crippen molar-refractivity contribution < 1.29 is 4.79 Å². The Morgan fingerprint density at radius 1 is 1.36 bits per heavy atom. The van der Waals surface area contributed by atoms with Gasteiger partial charge in [0.1, 0.15) is 11.9 Å². The number of aryl methyl sites for hydroxylation is 4. The number of hydrogen-bond donors (Lipinski definition) is 1. The van der Waals surface area contributed by atoms with Gasteiger partial charge in [0, 0.05) is 45.5 Å². The van der Waals surface area contributed by atoms with Gasteiger partial charge in [-0.05, 0) is 31.4 Å². The fourth-order valence-corrected chi connectivity index (χ4v) is 3.44. The van der Waals surface area contributed by atoms with Gasteiger partial charge in [0.15, 0.2) is 0 Å². The Labute approximate surface area is 155 Å². The topological polar surface area (TPSA) is 50.2 Å². The zero-order valence-electron chi connectivity index (χ0n) is 15.2. The molecule has 1 aromatic heterocycles. The van der Waals surface area contributed by atoms with E-state index in [0.29, 0.717) is 6.42 Å². The number of aromatic nitrogens is 2. The molecule has 1 saturated heterocycles. The summed E-state index contributed by atoms with van der Waals surface area (Å²) >= 11 is 0. The molecule has 25 heavy (non-hydrogen) atoms. The summed E-state index contributed by atoms with van der Waals surface area (Å²) in [5, 5.41) is 3.38. The van der Waals surface area contributed by atoms with E-state index in [1.807, 2.05) is 22.7 Å². The fraction of sp³-hybridized carbons (Fsp3) is 0.474. The maximum absolute atomic E-state index is 12.8. The van der Waals surface area contributed by atoms with Crippen LogP contribution >= 0.6 is 12.4 Å². The summed E-state index contributed by atoms with van der Waals surface area (Å²) in [4.78, 5) is 19.3. The van der Waals surface area contributed by atoms with Crippen LogP contribution in [0.15, 0.2) is 30.6 Å². The van der Waals surface area contributed by atoms with E-state index in [-0.39, 0.29) is 24.4 Å². The Bertz CT molecular complexity index is 728. The third kappa shape index (κ3) is 4.41. The highest BCUT2D eigenvalue weighted by Crippen LogP contribution is 2.22. The summed E-state index contributed by atoms with van der Waals surface area (Å²) in [5.41, 5.74) is 3.79. The first-order valence-electron chi connectivity index (χ1n) is 8.60. The van der Waals surface area contributed by atoms with Crippen LogP contribution in [-0.2, 0) is 18.3 Å². The first-order valence-corrected chi connectivity index (χ1v) is 8.60. The summed E-state index contributed by atoms with van der Waals surface area (Å²) in [6, 6.07) is 6.46. The molecule has 1 aliphatic heterocycles. The average molecular weight is 363 g/mol. The molecular weight excluding hydrogens is 336 g/mol. The van der Waals surface area contributed by atoms with Gasteiger partial charge in [-0.15, -0.1) is 12.4 Å². The predicted octanol–water partition coefficient (Wildman–Crippen LogP) is 2.56. The molecule has 1 N–H and O–H groups in total. The number of carbonyl (C=O) groups is 1. The lowest BCUT2D eigenvalue weighted by atomic mass is 10.0. The lowest BCUT2D eigenvalue weighted by Gasteiger charge is -2.36. The second-order valence-electron chi connectivity index (χ2n) is 6.63. The monoisotopic (exact) mass is 362 g/mol.